The first-order chi connectivity index (χ1) is 10.9. The number of aromatic nitrogens is 1. The lowest BCUT2D eigenvalue weighted by Gasteiger charge is -2.30. The molecule has 0 aromatic carbocycles. The molecule has 1 fully saturated rings. The molecule has 1 aliphatic rings. The van der Waals surface area contributed by atoms with E-state index in [-0.39, 0.29) is 23.8 Å². The maximum Gasteiger partial charge on any atom is 0.417 e. The predicted molar refractivity (Wildman–Crippen MR) is 83.2 cm³/mol. The molecule has 8 heteroatoms. The lowest BCUT2D eigenvalue weighted by Crippen LogP contribution is -2.45. The summed E-state index contributed by atoms with van der Waals surface area (Å²) in [4.78, 5) is 16.0. The molecular weight excluding hydrogens is 343 g/mol. The Kier molecular flexibility index (Phi) is 5.09. The second kappa shape index (κ2) is 6.46. The van der Waals surface area contributed by atoms with Crippen molar-refractivity contribution in [3.8, 4) is 0 Å². The van der Waals surface area contributed by atoms with E-state index in [4.69, 9.17) is 0 Å². The fourth-order valence-electron chi connectivity index (χ4n) is 2.43. The SMILES string of the molecule is CC(C)(C(=O)Cc1ccc(C(F)(F)F)cn1)S(=O)(=O)CC1CCC1. The van der Waals surface area contributed by atoms with Gasteiger partial charge in [0.2, 0.25) is 0 Å². The predicted octanol–water partition coefficient (Wildman–Crippen LogP) is 3.21. The number of Topliss-reactive ketones (excluding diaryl/α,β-unsaturated/α-hetero) is 1. The monoisotopic (exact) mass is 363 g/mol. The first-order valence-corrected chi connectivity index (χ1v) is 9.36. The lowest BCUT2D eigenvalue weighted by molar-refractivity contribution is -0.137. The third kappa shape index (κ3) is 3.96. The summed E-state index contributed by atoms with van der Waals surface area (Å²) in [5, 5.41) is 0. The van der Waals surface area contributed by atoms with Gasteiger partial charge in [0, 0.05) is 11.9 Å². The van der Waals surface area contributed by atoms with Crippen LogP contribution < -0.4 is 0 Å². The summed E-state index contributed by atoms with van der Waals surface area (Å²) in [6.45, 7) is 2.71. The molecule has 1 heterocycles. The maximum atomic E-state index is 12.5. The van der Waals surface area contributed by atoms with Crippen molar-refractivity contribution in [3.63, 3.8) is 0 Å². The van der Waals surface area contributed by atoms with E-state index in [9.17, 15) is 26.4 Å². The van der Waals surface area contributed by atoms with Crippen LogP contribution >= 0.6 is 0 Å². The summed E-state index contributed by atoms with van der Waals surface area (Å²) in [6, 6.07) is 1.95. The number of ketones is 1. The lowest BCUT2D eigenvalue weighted by atomic mass is 9.87. The van der Waals surface area contributed by atoms with Crippen LogP contribution in [0.25, 0.3) is 0 Å². The van der Waals surface area contributed by atoms with Crippen LogP contribution in [0, 0.1) is 5.92 Å². The van der Waals surface area contributed by atoms with Crippen molar-refractivity contribution in [1.29, 1.82) is 0 Å². The van der Waals surface area contributed by atoms with E-state index >= 15 is 0 Å². The van der Waals surface area contributed by atoms with Crippen LogP contribution in [0.2, 0.25) is 0 Å². The smallest absolute Gasteiger partial charge is 0.298 e. The summed E-state index contributed by atoms with van der Waals surface area (Å²) < 4.78 is 60.9. The van der Waals surface area contributed by atoms with E-state index < -0.39 is 32.1 Å². The van der Waals surface area contributed by atoms with Crippen LogP contribution in [-0.4, -0.2) is 29.7 Å². The van der Waals surface area contributed by atoms with Gasteiger partial charge in [-0.15, -0.1) is 0 Å². The van der Waals surface area contributed by atoms with Gasteiger partial charge in [0.15, 0.2) is 15.6 Å². The Bertz CT molecular complexity index is 705. The first-order valence-electron chi connectivity index (χ1n) is 7.71. The van der Waals surface area contributed by atoms with E-state index in [1.165, 1.54) is 13.8 Å². The van der Waals surface area contributed by atoms with Gasteiger partial charge in [-0.05, 0) is 44.7 Å². The molecule has 1 aromatic heterocycles. The quantitative estimate of drug-likeness (QED) is 0.779. The van der Waals surface area contributed by atoms with E-state index in [1.807, 2.05) is 0 Å². The number of sulfone groups is 1. The number of rotatable bonds is 6. The highest BCUT2D eigenvalue weighted by molar-refractivity contribution is 7.93. The Hall–Kier alpha value is -1.44. The molecule has 0 unspecified atom stereocenters. The fraction of sp³-hybridized carbons (Fsp3) is 0.625. The average molecular weight is 363 g/mol. The average Bonchev–Trinajstić information content (AvgIpc) is 2.42. The molecule has 1 saturated carbocycles. The van der Waals surface area contributed by atoms with Crippen molar-refractivity contribution < 1.29 is 26.4 Å². The summed E-state index contributed by atoms with van der Waals surface area (Å²) in [6.07, 6.45) is -1.45. The standard InChI is InChI=1S/C16H20F3NO3S/c1-15(2,24(22,23)10-11-4-3-5-11)14(21)8-13-7-6-12(9-20-13)16(17,18)19/h6-7,9,11H,3-5,8,10H2,1-2H3. The zero-order valence-corrected chi connectivity index (χ0v) is 14.4. The Balaban J connectivity index is 2.09. The van der Waals surface area contributed by atoms with Gasteiger partial charge in [-0.2, -0.15) is 13.2 Å². The molecule has 0 amide bonds. The number of carbonyl (C=O) groups excluding carboxylic acids is 1. The first kappa shape index (κ1) is 18.9. The van der Waals surface area contributed by atoms with Gasteiger partial charge in [0.25, 0.3) is 0 Å². The number of hydrogen-bond donors (Lipinski definition) is 0. The second-order valence-corrected chi connectivity index (χ2v) is 9.31. The molecule has 0 spiro atoms. The van der Waals surface area contributed by atoms with Gasteiger partial charge in [-0.3, -0.25) is 9.78 Å². The molecule has 0 radical (unpaired) electrons. The van der Waals surface area contributed by atoms with Crippen LogP contribution in [-0.2, 0) is 27.2 Å². The van der Waals surface area contributed by atoms with Crippen molar-refractivity contribution in [1.82, 2.24) is 4.98 Å². The number of pyridine rings is 1. The minimum atomic E-state index is -4.50. The van der Waals surface area contributed by atoms with Crippen LogP contribution in [0.5, 0.6) is 0 Å². The number of carbonyl (C=O) groups is 1. The Morgan fingerprint density at radius 3 is 2.29 bits per heavy atom. The highest BCUT2D eigenvalue weighted by atomic mass is 32.2. The Morgan fingerprint density at radius 2 is 1.88 bits per heavy atom. The molecule has 0 saturated heterocycles. The van der Waals surface area contributed by atoms with Crippen molar-refractivity contribution in [2.24, 2.45) is 5.92 Å². The van der Waals surface area contributed by atoms with E-state index in [0.717, 1.165) is 31.4 Å². The van der Waals surface area contributed by atoms with Crippen molar-refractivity contribution in [2.75, 3.05) is 5.75 Å². The molecule has 0 bridgehead atoms. The third-order valence-corrected chi connectivity index (χ3v) is 7.32. The van der Waals surface area contributed by atoms with Gasteiger partial charge in [0.1, 0.15) is 4.75 Å². The Labute approximate surface area is 139 Å². The number of nitrogens with zero attached hydrogens (tertiary/aromatic N) is 1. The molecule has 4 nitrogen and oxygen atoms in total. The largest absolute Gasteiger partial charge is 0.417 e. The highest BCUT2D eigenvalue weighted by Gasteiger charge is 2.43. The summed E-state index contributed by atoms with van der Waals surface area (Å²) in [5.74, 6) is -0.480. The summed E-state index contributed by atoms with van der Waals surface area (Å²) in [7, 11) is -3.63. The molecule has 1 aromatic rings. The van der Waals surface area contributed by atoms with Gasteiger partial charge in [-0.25, -0.2) is 8.42 Å². The van der Waals surface area contributed by atoms with E-state index in [1.54, 1.807) is 0 Å². The normalized spacial score (nSPS) is 16.7. The molecule has 1 aliphatic carbocycles. The van der Waals surface area contributed by atoms with Crippen LogP contribution in [0.3, 0.4) is 0 Å². The van der Waals surface area contributed by atoms with Crippen molar-refractivity contribution in [2.45, 2.75) is 50.5 Å². The number of hydrogen-bond acceptors (Lipinski definition) is 4. The van der Waals surface area contributed by atoms with Gasteiger partial charge >= 0.3 is 6.18 Å². The molecule has 134 valence electrons. The van der Waals surface area contributed by atoms with E-state index in [0.29, 0.717) is 6.20 Å². The molecule has 0 N–H and O–H groups in total. The zero-order chi connectivity index (χ0) is 18.2. The van der Waals surface area contributed by atoms with Crippen LogP contribution in [0.4, 0.5) is 13.2 Å². The Morgan fingerprint density at radius 1 is 1.25 bits per heavy atom. The fourth-order valence-corrected chi connectivity index (χ4v) is 4.22. The minimum Gasteiger partial charge on any atom is -0.298 e. The molecule has 24 heavy (non-hydrogen) atoms. The van der Waals surface area contributed by atoms with Crippen LogP contribution in [0.1, 0.15) is 44.4 Å². The molecule has 0 atom stereocenters. The number of halogens is 3. The topological polar surface area (TPSA) is 64.1 Å². The second-order valence-electron chi connectivity index (χ2n) is 6.72. The van der Waals surface area contributed by atoms with Crippen molar-refractivity contribution in [3.05, 3.63) is 29.6 Å². The molecule has 0 aliphatic heterocycles. The number of alkyl halides is 3. The van der Waals surface area contributed by atoms with Crippen LogP contribution in [0.15, 0.2) is 18.3 Å². The third-order valence-electron chi connectivity index (χ3n) is 4.62. The molecule has 2 rings (SSSR count). The van der Waals surface area contributed by atoms with Gasteiger partial charge in [-0.1, -0.05) is 6.42 Å². The minimum absolute atomic E-state index is 0.0216. The summed E-state index contributed by atoms with van der Waals surface area (Å²) >= 11 is 0. The van der Waals surface area contributed by atoms with Gasteiger partial charge in [0.05, 0.1) is 17.7 Å². The molecular formula is C16H20F3NO3S. The maximum absolute atomic E-state index is 12.5. The van der Waals surface area contributed by atoms with Gasteiger partial charge < -0.3 is 0 Å². The summed E-state index contributed by atoms with van der Waals surface area (Å²) in [5.41, 5.74) is -0.782. The van der Waals surface area contributed by atoms with E-state index in [2.05, 4.69) is 4.98 Å². The zero-order valence-electron chi connectivity index (χ0n) is 13.6. The van der Waals surface area contributed by atoms with Crippen molar-refractivity contribution >= 4 is 15.6 Å². The highest BCUT2D eigenvalue weighted by Crippen LogP contribution is 2.32.